The maximum absolute atomic E-state index is 11.6. The number of hydrogen-bond donors (Lipinski definition) is 0. The van der Waals surface area contributed by atoms with E-state index in [4.69, 9.17) is 14.0 Å². The van der Waals surface area contributed by atoms with Crippen LogP contribution in [0.4, 0.5) is 0 Å². The summed E-state index contributed by atoms with van der Waals surface area (Å²) in [7, 11) is 3.20. The van der Waals surface area contributed by atoms with Gasteiger partial charge < -0.3 is 18.9 Å². The van der Waals surface area contributed by atoms with Crippen molar-refractivity contribution in [2.45, 2.75) is 25.8 Å². The molecule has 3 rings (SSSR count). The Morgan fingerprint density at radius 2 is 2.09 bits per heavy atom. The first kappa shape index (κ1) is 15.3. The van der Waals surface area contributed by atoms with Crippen molar-refractivity contribution >= 4 is 5.91 Å². The highest BCUT2D eigenvalue weighted by Crippen LogP contribution is 2.28. The van der Waals surface area contributed by atoms with Gasteiger partial charge in [-0.1, -0.05) is 11.2 Å². The Labute approximate surface area is 134 Å². The van der Waals surface area contributed by atoms with E-state index in [1.165, 1.54) is 0 Å². The van der Waals surface area contributed by atoms with E-state index >= 15 is 0 Å². The number of carbonyl (C=O) groups excluding carboxylic acids is 1. The second-order valence-electron chi connectivity index (χ2n) is 5.39. The van der Waals surface area contributed by atoms with Crippen LogP contribution in [0.15, 0.2) is 22.7 Å². The van der Waals surface area contributed by atoms with Crippen molar-refractivity contribution in [3.8, 4) is 11.5 Å². The fourth-order valence-electron chi connectivity index (χ4n) is 2.63. The summed E-state index contributed by atoms with van der Waals surface area (Å²) in [6.45, 7) is 1.17. The molecule has 2 heterocycles. The van der Waals surface area contributed by atoms with Crippen LogP contribution in [0.3, 0.4) is 0 Å². The molecule has 7 heteroatoms. The third-order valence-electron chi connectivity index (χ3n) is 3.82. The van der Waals surface area contributed by atoms with Crippen molar-refractivity contribution in [3.63, 3.8) is 0 Å². The van der Waals surface area contributed by atoms with Gasteiger partial charge >= 0.3 is 0 Å². The molecule has 1 aliphatic heterocycles. The Morgan fingerprint density at radius 3 is 2.78 bits per heavy atom. The van der Waals surface area contributed by atoms with Crippen LogP contribution < -0.4 is 9.47 Å². The molecule has 122 valence electrons. The highest BCUT2D eigenvalue weighted by Gasteiger charge is 2.22. The molecule has 1 saturated heterocycles. The van der Waals surface area contributed by atoms with Gasteiger partial charge in [0.15, 0.2) is 17.3 Å². The first-order valence-electron chi connectivity index (χ1n) is 7.49. The number of ether oxygens (including phenoxy) is 2. The molecule has 1 amide bonds. The van der Waals surface area contributed by atoms with Crippen molar-refractivity contribution < 1.29 is 18.8 Å². The number of likely N-dealkylation sites (tertiary alicyclic amines) is 1. The lowest BCUT2D eigenvalue weighted by Gasteiger charge is -2.11. The average Bonchev–Trinajstić information content (AvgIpc) is 3.17. The lowest BCUT2D eigenvalue weighted by molar-refractivity contribution is -0.128. The molecule has 0 N–H and O–H groups in total. The minimum atomic E-state index is 0.149. The third-order valence-corrected chi connectivity index (χ3v) is 3.82. The Balaban J connectivity index is 1.68. The lowest BCUT2D eigenvalue weighted by atomic mass is 10.1. The topological polar surface area (TPSA) is 77.7 Å². The molecule has 1 aromatic carbocycles. The fourth-order valence-corrected chi connectivity index (χ4v) is 2.63. The molecule has 2 aromatic rings. The minimum Gasteiger partial charge on any atom is -0.493 e. The molecular weight excluding hydrogens is 298 g/mol. The summed E-state index contributed by atoms with van der Waals surface area (Å²) in [6, 6.07) is 5.65. The van der Waals surface area contributed by atoms with Crippen LogP contribution in [-0.4, -0.2) is 41.7 Å². The predicted molar refractivity (Wildman–Crippen MR) is 81.3 cm³/mol. The number of rotatable bonds is 6. The number of carbonyl (C=O) groups is 1. The Morgan fingerprint density at radius 1 is 1.26 bits per heavy atom. The summed E-state index contributed by atoms with van der Waals surface area (Å²) in [5.41, 5.74) is 0.982. The molecular formula is C16H19N3O4. The van der Waals surface area contributed by atoms with Gasteiger partial charge in [0.2, 0.25) is 11.8 Å². The summed E-state index contributed by atoms with van der Waals surface area (Å²) in [4.78, 5) is 17.7. The summed E-state index contributed by atoms with van der Waals surface area (Å²) >= 11 is 0. The molecule has 0 spiro atoms. The zero-order valence-electron chi connectivity index (χ0n) is 13.2. The maximum atomic E-state index is 11.6. The summed E-state index contributed by atoms with van der Waals surface area (Å²) in [5, 5.41) is 3.95. The maximum Gasteiger partial charge on any atom is 0.231 e. The van der Waals surface area contributed by atoms with Gasteiger partial charge in [0.1, 0.15) is 0 Å². The van der Waals surface area contributed by atoms with Gasteiger partial charge in [-0.2, -0.15) is 4.98 Å². The third kappa shape index (κ3) is 3.44. The minimum absolute atomic E-state index is 0.149. The van der Waals surface area contributed by atoms with Gasteiger partial charge in [-0.15, -0.1) is 0 Å². The van der Waals surface area contributed by atoms with E-state index in [9.17, 15) is 4.79 Å². The zero-order chi connectivity index (χ0) is 16.2. The molecule has 0 unspecified atom stereocenters. The monoisotopic (exact) mass is 317 g/mol. The van der Waals surface area contributed by atoms with Crippen LogP contribution in [0.25, 0.3) is 0 Å². The first-order chi connectivity index (χ1) is 11.2. The van der Waals surface area contributed by atoms with Crippen LogP contribution >= 0.6 is 0 Å². The van der Waals surface area contributed by atoms with Crippen LogP contribution in [-0.2, 0) is 17.8 Å². The van der Waals surface area contributed by atoms with E-state index in [1.807, 2.05) is 18.2 Å². The number of aromatic nitrogens is 2. The van der Waals surface area contributed by atoms with Gasteiger partial charge in [0.25, 0.3) is 0 Å². The van der Waals surface area contributed by atoms with Crippen molar-refractivity contribution in [1.82, 2.24) is 15.0 Å². The summed E-state index contributed by atoms with van der Waals surface area (Å²) < 4.78 is 15.8. The van der Waals surface area contributed by atoms with E-state index in [2.05, 4.69) is 10.1 Å². The largest absolute Gasteiger partial charge is 0.493 e. The van der Waals surface area contributed by atoms with Gasteiger partial charge in [0, 0.05) is 13.0 Å². The lowest BCUT2D eigenvalue weighted by Crippen LogP contribution is -2.24. The number of amides is 1. The first-order valence-corrected chi connectivity index (χ1v) is 7.49. The fraction of sp³-hybridized carbons (Fsp3) is 0.438. The highest BCUT2D eigenvalue weighted by molar-refractivity contribution is 5.77. The molecule has 7 nitrogen and oxygen atoms in total. The van der Waals surface area contributed by atoms with Gasteiger partial charge in [-0.3, -0.25) is 4.79 Å². The van der Waals surface area contributed by atoms with Crippen LogP contribution in [0, 0.1) is 0 Å². The number of nitrogens with zero attached hydrogens (tertiary/aromatic N) is 3. The van der Waals surface area contributed by atoms with Crippen LogP contribution in [0.1, 0.15) is 30.1 Å². The summed E-state index contributed by atoms with van der Waals surface area (Å²) in [5.74, 6) is 2.54. The highest BCUT2D eigenvalue weighted by atomic mass is 16.5. The second-order valence-corrected chi connectivity index (χ2v) is 5.39. The molecule has 0 saturated carbocycles. The molecule has 0 bridgehead atoms. The van der Waals surface area contributed by atoms with Crippen LogP contribution in [0.2, 0.25) is 0 Å². The SMILES string of the molecule is COc1ccc(Cc2nc(CN3CCCC3=O)no2)cc1OC. The van der Waals surface area contributed by atoms with E-state index in [0.29, 0.717) is 42.6 Å². The Hall–Kier alpha value is -2.57. The quantitative estimate of drug-likeness (QED) is 0.808. The predicted octanol–water partition coefficient (Wildman–Crippen LogP) is 1.80. The molecule has 23 heavy (non-hydrogen) atoms. The van der Waals surface area contributed by atoms with Crippen molar-refractivity contribution in [2.24, 2.45) is 0 Å². The number of hydrogen-bond acceptors (Lipinski definition) is 6. The number of benzene rings is 1. The van der Waals surface area contributed by atoms with Crippen LogP contribution in [0.5, 0.6) is 11.5 Å². The standard InChI is InChI=1S/C16H19N3O4/c1-21-12-6-5-11(8-13(12)22-2)9-15-17-14(18-23-15)10-19-7-3-4-16(19)20/h5-6,8H,3-4,7,9-10H2,1-2H3. The van der Waals surface area contributed by atoms with Gasteiger partial charge in [-0.05, 0) is 24.1 Å². The molecule has 0 atom stereocenters. The van der Waals surface area contributed by atoms with Gasteiger partial charge in [-0.25, -0.2) is 0 Å². The van der Waals surface area contributed by atoms with Crippen molar-refractivity contribution in [1.29, 1.82) is 0 Å². The zero-order valence-corrected chi connectivity index (χ0v) is 13.2. The average molecular weight is 317 g/mol. The van der Waals surface area contributed by atoms with Gasteiger partial charge in [0.05, 0.1) is 27.2 Å². The number of methoxy groups -OCH3 is 2. The Bertz CT molecular complexity index is 698. The molecule has 1 fully saturated rings. The van der Waals surface area contributed by atoms with E-state index in [1.54, 1.807) is 19.1 Å². The molecule has 1 aromatic heterocycles. The summed E-state index contributed by atoms with van der Waals surface area (Å²) in [6.07, 6.45) is 2.01. The van der Waals surface area contributed by atoms with Crippen molar-refractivity contribution in [3.05, 3.63) is 35.5 Å². The van der Waals surface area contributed by atoms with E-state index < -0.39 is 0 Å². The normalized spacial score (nSPS) is 14.3. The Kier molecular flexibility index (Phi) is 4.45. The van der Waals surface area contributed by atoms with E-state index in [0.717, 1.165) is 18.5 Å². The smallest absolute Gasteiger partial charge is 0.231 e. The van der Waals surface area contributed by atoms with E-state index in [-0.39, 0.29) is 5.91 Å². The second kappa shape index (κ2) is 6.68. The molecule has 0 radical (unpaired) electrons. The van der Waals surface area contributed by atoms with Crippen molar-refractivity contribution in [2.75, 3.05) is 20.8 Å². The molecule has 1 aliphatic rings. The molecule has 0 aliphatic carbocycles.